The molecule has 0 heterocycles. The molecule has 0 aliphatic heterocycles. The first-order valence-electron chi connectivity index (χ1n) is 6.76. The minimum atomic E-state index is 0.184. The molecular weight excluding hydrogens is 230 g/mol. The number of aryl methyl sites for hydroxylation is 2. The maximum atomic E-state index is 5.90. The predicted octanol–water partition coefficient (Wildman–Crippen LogP) is 4.85. The number of rotatable bonds is 1. The largest absolute Gasteiger partial charge is 0.399 e. The van der Waals surface area contributed by atoms with Gasteiger partial charge in [-0.2, -0.15) is 0 Å². The summed E-state index contributed by atoms with van der Waals surface area (Å²) >= 11 is 0. The Balaban J connectivity index is 2.60. The van der Waals surface area contributed by atoms with Gasteiger partial charge < -0.3 is 5.73 Å². The summed E-state index contributed by atoms with van der Waals surface area (Å²) in [6.45, 7) is 11.1. The monoisotopic (exact) mass is 253 g/mol. The summed E-state index contributed by atoms with van der Waals surface area (Å²) in [6, 6.07) is 12.7. The smallest absolute Gasteiger partial charge is 0.0320 e. The average Bonchev–Trinajstić information content (AvgIpc) is 2.26. The van der Waals surface area contributed by atoms with Gasteiger partial charge in [0.25, 0.3) is 0 Å². The molecular formula is C18H23N. The van der Waals surface area contributed by atoms with E-state index in [9.17, 15) is 0 Å². The molecule has 2 N–H and O–H groups in total. The molecule has 2 aromatic rings. The van der Waals surface area contributed by atoms with Crippen molar-refractivity contribution >= 4 is 5.69 Å². The molecule has 1 nitrogen and oxygen atoms in total. The van der Waals surface area contributed by atoms with Gasteiger partial charge in [-0.15, -0.1) is 0 Å². The first kappa shape index (κ1) is 13.7. The molecule has 0 aliphatic rings. The number of nitrogens with two attached hydrogens (primary N) is 1. The third-order valence-electron chi connectivity index (χ3n) is 3.57. The molecule has 0 saturated carbocycles. The van der Waals surface area contributed by atoms with Crippen molar-refractivity contribution in [1.29, 1.82) is 0 Å². The van der Waals surface area contributed by atoms with Crippen molar-refractivity contribution in [3.05, 3.63) is 53.1 Å². The summed E-state index contributed by atoms with van der Waals surface area (Å²) in [6.07, 6.45) is 0. The fourth-order valence-corrected chi connectivity index (χ4v) is 2.55. The molecule has 0 fully saturated rings. The van der Waals surface area contributed by atoms with E-state index < -0.39 is 0 Å². The van der Waals surface area contributed by atoms with Gasteiger partial charge in [0.05, 0.1) is 0 Å². The quantitative estimate of drug-likeness (QED) is 0.722. The maximum absolute atomic E-state index is 5.90. The summed E-state index contributed by atoms with van der Waals surface area (Å²) in [7, 11) is 0. The molecule has 0 atom stereocenters. The fourth-order valence-electron chi connectivity index (χ4n) is 2.55. The van der Waals surface area contributed by atoms with Crippen LogP contribution >= 0.6 is 0 Å². The van der Waals surface area contributed by atoms with Crippen molar-refractivity contribution in [1.82, 2.24) is 0 Å². The summed E-state index contributed by atoms with van der Waals surface area (Å²) < 4.78 is 0. The second kappa shape index (κ2) is 4.73. The Labute approximate surface area is 116 Å². The van der Waals surface area contributed by atoms with Crippen molar-refractivity contribution in [2.75, 3.05) is 5.73 Å². The normalized spacial score (nSPS) is 11.6. The molecule has 2 aromatic carbocycles. The highest BCUT2D eigenvalue weighted by molar-refractivity contribution is 5.73. The van der Waals surface area contributed by atoms with Crippen LogP contribution in [0.1, 0.15) is 37.5 Å². The van der Waals surface area contributed by atoms with Gasteiger partial charge in [-0.1, -0.05) is 45.0 Å². The third kappa shape index (κ3) is 2.81. The zero-order valence-electron chi connectivity index (χ0n) is 12.5. The average molecular weight is 253 g/mol. The minimum absolute atomic E-state index is 0.184. The van der Waals surface area contributed by atoms with Gasteiger partial charge in [-0.05, 0) is 59.2 Å². The van der Waals surface area contributed by atoms with Crippen molar-refractivity contribution < 1.29 is 0 Å². The lowest BCUT2D eigenvalue weighted by Crippen LogP contribution is -2.12. The van der Waals surface area contributed by atoms with Gasteiger partial charge in [-0.3, -0.25) is 0 Å². The second-order valence-corrected chi connectivity index (χ2v) is 6.36. The molecule has 1 heteroatoms. The Morgan fingerprint density at radius 3 is 1.95 bits per heavy atom. The lowest BCUT2D eigenvalue weighted by molar-refractivity contribution is 0.589. The first-order chi connectivity index (χ1) is 8.79. The number of benzene rings is 2. The fraction of sp³-hybridized carbons (Fsp3) is 0.333. The van der Waals surface area contributed by atoms with Gasteiger partial charge in [-0.25, -0.2) is 0 Å². The molecule has 0 amide bonds. The van der Waals surface area contributed by atoms with Crippen molar-refractivity contribution in [3.8, 4) is 11.1 Å². The summed E-state index contributed by atoms with van der Waals surface area (Å²) in [5.74, 6) is 0. The Bertz CT molecular complexity index is 580. The number of hydrogen-bond acceptors (Lipinski definition) is 1. The van der Waals surface area contributed by atoms with Crippen molar-refractivity contribution in [2.24, 2.45) is 0 Å². The Morgan fingerprint density at radius 1 is 0.895 bits per heavy atom. The van der Waals surface area contributed by atoms with E-state index in [1.54, 1.807) is 0 Å². The van der Waals surface area contributed by atoms with Crippen LogP contribution in [0.25, 0.3) is 11.1 Å². The molecule has 0 unspecified atom stereocenters. The van der Waals surface area contributed by atoms with Gasteiger partial charge in [0.15, 0.2) is 0 Å². The maximum Gasteiger partial charge on any atom is 0.0320 e. The molecule has 2 rings (SSSR count). The second-order valence-electron chi connectivity index (χ2n) is 6.36. The zero-order valence-corrected chi connectivity index (χ0v) is 12.5. The molecule has 0 spiro atoms. The molecule has 100 valence electrons. The molecule has 0 saturated heterocycles. The third-order valence-corrected chi connectivity index (χ3v) is 3.57. The molecule has 0 bridgehead atoms. The van der Waals surface area contributed by atoms with Gasteiger partial charge >= 0.3 is 0 Å². The van der Waals surface area contributed by atoms with Crippen LogP contribution in [0.3, 0.4) is 0 Å². The minimum Gasteiger partial charge on any atom is -0.399 e. The van der Waals surface area contributed by atoms with Crippen LogP contribution in [0.2, 0.25) is 0 Å². The van der Waals surface area contributed by atoms with Crippen molar-refractivity contribution in [2.45, 2.75) is 40.0 Å². The molecule has 0 aliphatic carbocycles. The Morgan fingerprint density at radius 2 is 1.47 bits per heavy atom. The van der Waals surface area contributed by atoms with Crippen LogP contribution in [0.5, 0.6) is 0 Å². The van der Waals surface area contributed by atoms with Gasteiger partial charge in [0, 0.05) is 5.69 Å². The number of nitrogen functional groups attached to an aromatic ring is 1. The van der Waals surface area contributed by atoms with E-state index >= 15 is 0 Å². The van der Waals surface area contributed by atoms with Crippen LogP contribution in [-0.2, 0) is 5.41 Å². The van der Waals surface area contributed by atoms with Crippen molar-refractivity contribution in [3.63, 3.8) is 0 Å². The Hall–Kier alpha value is -1.76. The molecule has 19 heavy (non-hydrogen) atoms. The first-order valence-corrected chi connectivity index (χ1v) is 6.76. The predicted molar refractivity (Wildman–Crippen MR) is 84.5 cm³/mol. The summed E-state index contributed by atoms with van der Waals surface area (Å²) in [5, 5.41) is 0. The molecule has 0 aromatic heterocycles. The highest BCUT2D eigenvalue weighted by atomic mass is 14.5. The van der Waals surface area contributed by atoms with E-state index in [-0.39, 0.29) is 5.41 Å². The standard InChI is InChI=1S/C18H23N/c1-12-9-15(18(3,4)5)10-13(2)17(12)14-7-6-8-16(19)11-14/h6-11H,19H2,1-5H3. The van der Waals surface area contributed by atoms with Gasteiger partial charge in [0.1, 0.15) is 0 Å². The van der Waals surface area contributed by atoms with E-state index in [0.29, 0.717) is 0 Å². The van der Waals surface area contributed by atoms with E-state index in [1.165, 1.54) is 27.8 Å². The van der Waals surface area contributed by atoms with Gasteiger partial charge in [0.2, 0.25) is 0 Å². The highest BCUT2D eigenvalue weighted by Crippen LogP contribution is 2.33. The van der Waals surface area contributed by atoms with Crippen LogP contribution < -0.4 is 5.73 Å². The Kier molecular flexibility index (Phi) is 3.40. The van der Waals surface area contributed by atoms with E-state index in [0.717, 1.165) is 5.69 Å². The van der Waals surface area contributed by atoms with Crippen LogP contribution in [0.15, 0.2) is 36.4 Å². The van der Waals surface area contributed by atoms with Crippen LogP contribution in [0.4, 0.5) is 5.69 Å². The summed E-state index contributed by atoms with van der Waals surface area (Å²) in [4.78, 5) is 0. The summed E-state index contributed by atoms with van der Waals surface area (Å²) in [5.41, 5.74) is 13.4. The highest BCUT2D eigenvalue weighted by Gasteiger charge is 2.16. The lowest BCUT2D eigenvalue weighted by atomic mass is 9.82. The topological polar surface area (TPSA) is 26.0 Å². The van der Waals surface area contributed by atoms with E-state index in [1.807, 2.05) is 18.2 Å². The number of anilines is 1. The zero-order chi connectivity index (χ0) is 14.2. The number of hydrogen-bond donors (Lipinski definition) is 1. The van der Waals surface area contributed by atoms with E-state index in [4.69, 9.17) is 5.73 Å². The van der Waals surface area contributed by atoms with E-state index in [2.05, 4.69) is 52.8 Å². The molecule has 0 radical (unpaired) electrons. The van der Waals surface area contributed by atoms with Crippen LogP contribution in [-0.4, -0.2) is 0 Å². The van der Waals surface area contributed by atoms with Crippen LogP contribution in [0, 0.1) is 13.8 Å². The lowest BCUT2D eigenvalue weighted by Gasteiger charge is -2.22. The SMILES string of the molecule is Cc1cc(C(C)(C)C)cc(C)c1-c1cccc(N)c1.